The summed E-state index contributed by atoms with van der Waals surface area (Å²) in [5, 5.41) is 16.0. The van der Waals surface area contributed by atoms with Crippen LogP contribution in [-0.2, 0) is 101 Å². The van der Waals surface area contributed by atoms with E-state index in [4.69, 9.17) is 11.7 Å². The number of aromatic nitrogens is 7. The minimum atomic E-state index is -0.990. The molecule has 0 saturated carbocycles. The predicted molar refractivity (Wildman–Crippen MR) is 343 cm³/mol. The van der Waals surface area contributed by atoms with E-state index in [1.54, 1.807) is 79.1 Å². The van der Waals surface area contributed by atoms with Crippen LogP contribution in [0, 0.1) is 104 Å². The molecule has 1 N–H and O–H groups in total. The van der Waals surface area contributed by atoms with E-state index < -0.39 is 46.8 Å². The first-order valence-electron chi connectivity index (χ1n) is 27.9. The van der Waals surface area contributed by atoms with Gasteiger partial charge in [0.15, 0.2) is 5.69 Å². The molecule has 0 amide bonds. The second-order valence-corrected chi connectivity index (χ2v) is 19.3. The van der Waals surface area contributed by atoms with E-state index in [0.29, 0.717) is 17.1 Å². The molecule has 99 heavy (non-hydrogen) atoms. The van der Waals surface area contributed by atoms with Gasteiger partial charge >= 0.3 is 5.97 Å². The van der Waals surface area contributed by atoms with Gasteiger partial charge in [-0.25, -0.2) is 24.3 Å². The maximum atomic E-state index is 13.8. The first-order chi connectivity index (χ1) is 45.6. The number of anilines is 4. The molecule has 0 saturated heterocycles. The molecule has 12 aromatic rings. The van der Waals surface area contributed by atoms with Crippen molar-refractivity contribution < 1.29 is 141 Å². The van der Waals surface area contributed by atoms with E-state index in [0.717, 1.165) is 52.5 Å². The van der Waals surface area contributed by atoms with Crippen molar-refractivity contribution in [1.29, 1.82) is 0 Å². The number of carboxylic acid groups (broad SMARTS) is 1. The normalized spacial score (nSPS) is 10.8. The molecular weight excluding hydrogens is 2170 g/mol. The van der Waals surface area contributed by atoms with E-state index in [-0.39, 0.29) is 129 Å². The Labute approximate surface area is 635 Å². The molecule has 5 radical (unpaired) electrons. The molecule has 0 spiro atoms. The Kier molecular flexibility index (Phi) is 36.9. The standard InChI is InChI=1S/C14H12N2.C13H7F2N2.C11H6F2N.C10H5F2N2.C10H9FN2.C9H6N2.C6H5NO2.5Ir/c1-15-11-16(12-7-3-2-4-8-12)14-10-6-5-9-13(14)15;1-8-5-6-17-11(7-8)9-3-4-10(14)13(16-2)12(9)15;12-8-4-5-9(10(13)7-8)11-3-1-2-6-14-11;11-9-5-4-7(10(12)14-9)8-3-1-2-6-13-8;1-12-6-7-13(8-12)10-4-2-9(11)3-5-10;1-2-4-8(5-3-1)9-6-7-10-11-9;8-6(9)5-3-1-2-4-7-5;;;;;/h2-7,9-11H,1H3;4-7H,1H3;1-4,6-7H;1-3,5-6H;2-4,6-8H,1H3;1-4,6-7H;1-4H,(H,8,9);;;;;/q-2;3*-1;2*-2;;;;;;. The molecule has 0 atom stereocenters. The molecule has 26 heteroatoms. The summed E-state index contributed by atoms with van der Waals surface area (Å²) in [6, 6.07) is 69.1. The number of benzene rings is 6. The third-order valence-corrected chi connectivity index (χ3v) is 12.6. The van der Waals surface area contributed by atoms with E-state index in [2.05, 4.69) is 130 Å². The second-order valence-electron chi connectivity index (χ2n) is 19.3. The number of carbonyl (C=O) groups is 1. The monoisotopic (exact) mass is 2220 g/mol. The molecule has 0 fully saturated rings. The summed E-state index contributed by atoms with van der Waals surface area (Å²) in [5.41, 5.74) is 8.01. The van der Waals surface area contributed by atoms with E-state index in [9.17, 15) is 35.5 Å². The fourth-order valence-electron chi connectivity index (χ4n) is 8.23. The SMILES string of the molecule is CN1C=CN(c2[c-]cc(F)cc2)[CH-]1.CN1[CH-]N(c2[c-]cccc2)c2ccccc21.Fc1c[c-]c(-c2ccccn2)c(F)c1.Fc1c[c-]c(-c2ccccn2)c(F)n1.O=C(O)c1ccccn1.[C-]#[N+]c1c(F)c[c-]c(-c2cc(C)ccn2)c1F.[Ir].[Ir].[Ir].[Ir].[Ir].[c-]1ccccc1-c1ccn[n-]1. The zero-order chi connectivity index (χ0) is 66.8. The number of para-hydroxylation sites is 3. The average Bonchev–Trinajstić information content (AvgIpc) is 1.66. The molecule has 6 aromatic heterocycles. The van der Waals surface area contributed by atoms with Gasteiger partial charge < -0.3 is 49.9 Å². The molecule has 0 aliphatic carbocycles. The summed E-state index contributed by atoms with van der Waals surface area (Å²) >= 11 is 0. The Hall–Kier alpha value is -9.06. The zero-order valence-corrected chi connectivity index (χ0v) is 63.6. The summed E-state index contributed by atoms with van der Waals surface area (Å²) in [7, 11) is 3.99. The summed E-state index contributed by atoms with van der Waals surface area (Å²) in [4.78, 5) is 39.5. The topological polar surface area (TPSA) is 146 Å². The molecule has 8 heterocycles. The molecule has 0 bridgehead atoms. The van der Waals surface area contributed by atoms with Gasteiger partial charge in [-0.05, 0) is 99.2 Å². The smallest absolute Gasteiger partial charge is 0.354 e. The summed E-state index contributed by atoms with van der Waals surface area (Å²) in [5.74, 6) is -6.15. The Morgan fingerprint density at radius 2 is 1.16 bits per heavy atom. The first-order valence-corrected chi connectivity index (χ1v) is 27.9. The minimum absolute atomic E-state index is 0. The summed E-state index contributed by atoms with van der Waals surface area (Å²) in [6.07, 6.45) is 11.5. The molecule has 6 aromatic carbocycles. The van der Waals surface area contributed by atoms with Crippen molar-refractivity contribution in [2.75, 3.05) is 28.8 Å². The van der Waals surface area contributed by atoms with Gasteiger partial charge in [0.25, 0.3) is 0 Å². The van der Waals surface area contributed by atoms with Crippen LogP contribution in [0.5, 0.6) is 0 Å². The number of fused-ring (bicyclic) bond motifs is 1. The Balaban J connectivity index is 0.000000300. The average molecular weight is 2220 g/mol. The third-order valence-electron chi connectivity index (χ3n) is 12.6. The number of nitrogens with zero attached hydrogens (tertiary/aromatic N) is 12. The quantitative estimate of drug-likeness (QED) is 0.0918. The van der Waals surface area contributed by atoms with Gasteiger partial charge in [-0.2, -0.15) is 55.3 Å². The van der Waals surface area contributed by atoms with Crippen molar-refractivity contribution in [3.05, 3.63) is 345 Å². The van der Waals surface area contributed by atoms with Crippen molar-refractivity contribution in [1.82, 2.24) is 40.0 Å². The van der Waals surface area contributed by atoms with Crippen LogP contribution in [-0.4, -0.2) is 60.1 Å². The number of aromatic carboxylic acids is 1. The molecule has 517 valence electrons. The van der Waals surface area contributed by atoms with Gasteiger partial charge in [-0.3, -0.25) is 31.8 Å². The summed E-state index contributed by atoms with van der Waals surface area (Å²) < 4.78 is 90.9. The van der Waals surface area contributed by atoms with Crippen LogP contribution in [0.1, 0.15) is 16.1 Å². The van der Waals surface area contributed by atoms with E-state index >= 15 is 0 Å². The maximum Gasteiger partial charge on any atom is 0.354 e. The first kappa shape index (κ1) is 84.2. The molecule has 0 unspecified atom stereocenters. The van der Waals surface area contributed by atoms with Gasteiger partial charge in [0.2, 0.25) is 0 Å². The van der Waals surface area contributed by atoms with E-state index in [1.165, 1.54) is 48.2 Å². The molecular formula is C73H50F7Ir5N12O2-9. The fraction of sp³-hybridized carbons (Fsp3) is 0.0411. The molecule has 14 nitrogen and oxygen atoms in total. The largest absolute Gasteiger partial charge is 0.619 e. The van der Waals surface area contributed by atoms with Crippen LogP contribution >= 0.6 is 0 Å². The van der Waals surface area contributed by atoms with Crippen LogP contribution in [0.4, 0.5) is 59.2 Å². The fourth-order valence-corrected chi connectivity index (χ4v) is 8.23. The number of carboxylic acids is 1. The van der Waals surface area contributed by atoms with Gasteiger partial charge in [0, 0.05) is 166 Å². The number of rotatable bonds is 7. The van der Waals surface area contributed by atoms with Crippen molar-refractivity contribution >= 4 is 34.4 Å². The second kappa shape index (κ2) is 43.4. The van der Waals surface area contributed by atoms with Gasteiger partial charge in [-0.15, -0.1) is 102 Å². The van der Waals surface area contributed by atoms with Crippen molar-refractivity contribution in [3.8, 4) is 45.0 Å². The molecule has 14 rings (SSSR count). The maximum absolute atomic E-state index is 13.8. The number of pyridine rings is 5. The Morgan fingerprint density at radius 1 is 0.545 bits per heavy atom. The third kappa shape index (κ3) is 25.3. The van der Waals surface area contributed by atoms with Crippen LogP contribution in [0.3, 0.4) is 0 Å². The van der Waals surface area contributed by atoms with Crippen LogP contribution < -0.4 is 19.8 Å². The predicted octanol–water partition coefficient (Wildman–Crippen LogP) is 16.2. The van der Waals surface area contributed by atoms with Crippen molar-refractivity contribution in [3.63, 3.8) is 0 Å². The minimum Gasteiger partial charge on any atom is -0.619 e. The number of halogens is 7. The van der Waals surface area contributed by atoms with Gasteiger partial charge in [0.05, 0.1) is 6.57 Å². The number of aryl methyl sites for hydroxylation is 1. The van der Waals surface area contributed by atoms with Gasteiger partial charge in [0.1, 0.15) is 17.6 Å². The molecule has 2 aliphatic heterocycles. The molecule has 2 aliphatic rings. The number of hydrogen-bond acceptors (Lipinski definition) is 11. The van der Waals surface area contributed by atoms with Gasteiger partial charge in [-0.1, -0.05) is 77.4 Å². The van der Waals surface area contributed by atoms with Crippen molar-refractivity contribution in [2.24, 2.45) is 0 Å². The van der Waals surface area contributed by atoms with Crippen LogP contribution in [0.15, 0.2) is 231 Å². The Morgan fingerprint density at radius 3 is 1.70 bits per heavy atom. The summed E-state index contributed by atoms with van der Waals surface area (Å²) in [6.45, 7) is 12.5. The van der Waals surface area contributed by atoms with Crippen molar-refractivity contribution in [2.45, 2.75) is 6.92 Å². The van der Waals surface area contributed by atoms with E-state index in [1.807, 2.05) is 91.4 Å². The number of hydrogen-bond donors (Lipinski definition) is 1. The van der Waals surface area contributed by atoms with Crippen LogP contribution in [0.25, 0.3) is 49.9 Å². The zero-order valence-electron chi connectivity index (χ0n) is 51.6. The van der Waals surface area contributed by atoms with Crippen LogP contribution in [0.2, 0.25) is 0 Å². The Bertz CT molecular complexity index is 4350.